The van der Waals surface area contributed by atoms with Crippen molar-refractivity contribution in [3.05, 3.63) is 0 Å². The second kappa shape index (κ2) is 6.71. The van der Waals surface area contributed by atoms with Crippen molar-refractivity contribution in [3.8, 4) is 0 Å². The highest BCUT2D eigenvalue weighted by Crippen LogP contribution is 2.38. The second-order valence-corrected chi connectivity index (χ2v) is 6.96. The molecule has 2 fully saturated rings. The van der Waals surface area contributed by atoms with E-state index in [1.165, 1.54) is 0 Å². The fourth-order valence-corrected chi connectivity index (χ4v) is 3.03. The van der Waals surface area contributed by atoms with Crippen LogP contribution in [0.1, 0.15) is 40.0 Å². The lowest BCUT2D eigenvalue weighted by Gasteiger charge is -2.34. The van der Waals surface area contributed by atoms with Gasteiger partial charge in [0.25, 0.3) is 0 Å². The number of hydrogen-bond acceptors (Lipinski definition) is 5. The normalized spacial score (nSPS) is 38.0. The largest absolute Gasteiger partial charge is 0.375 e. The molecule has 0 spiro atoms. The summed E-state index contributed by atoms with van der Waals surface area (Å²) in [6, 6.07) is 0.597. The first-order valence-electron chi connectivity index (χ1n) is 7.72. The van der Waals surface area contributed by atoms with Gasteiger partial charge in [0.15, 0.2) is 6.29 Å². The summed E-state index contributed by atoms with van der Waals surface area (Å²) in [6.07, 6.45) is 3.57. The van der Waals surface area contributed by atoms with Crippen molar-refractivity contribution in [2.24, 2.45) is 11.7 Å². The van der Waals surface area contributed by atoms with E-state index >= 15 is 0 Å². The molecule has 1 saturated heterocycles. The lowest BCUT2D eigenvalue weighted by molar-refractivity contribution is -0.00241. The summed E-state index contributed by atoms with van der Waals surface area (Å²) in [7, 11) is 1.70. The van der Waals surface area contributed by atoms with E-state index < -0.39 is 0 Å². The standard InChI is InChI=1S/C15H30N2O3/c1-15(2,3)19-8-7-17-12-6-5-10(9-11(12)16)13-14(18-4)20-13/h10-14,17H,5-9,16H2,1-4H3. The summed E-state index contributed by atoms with van der Waals surface area (Å²) in [6.45, 7) is 7.82. The minimum Gasteiger partial charge on any atom is -0.375 e. The van der Waals surface area contributed by atoms with Crippen LogP contribution in [-0.4, -0.2) is 50.3 Å². The van der Waals surface area contributed by atoms with E-state index in [1.807, 2.05) is 0 Å². The third-order valence-electron chi connectivity index (χ3n) is 4.16. The average Bonchev–Trinajstić information content (AvgIpc) is 3.14. The van der Waals surface area contributed by atoms with Gasteiger partial charge in [-0.3, -0.25) is 0 Å². The molecule has 0 bridgehead atoms. The van der Waals surface area contributed by atoms with E-state index in [4.69, 9.17) is 19.9 Å². The maximum Gasteiger partial charge on any atom is 0.184 e. The minimum absolute atomic E-state index is 0.0110. The molecule has 5 unspecified atom stereocenters. The maximum atomic E-state index is 6.29. The van der Waals surface area contributed by atoms with Gasteiger partial charge < -0.3 is 25.3 Å². The van der Waals surface area contributed by atoms with Gasteiger partial charge in [0.05, 0.1) is 12.2 Å². The van der Waals surface area contributed by atoms with E-state index in [0.29, 0.717) is 12.0 Å². The van der Waals surface area contributed by atoms with Crippen molar-refractivity contribution in [2.45, 2.75) is 70.1 Å². The quantitative estimate of drug-likeness (QED) is 0.568. The van der Waals surface area contributed by atoms with Gasteiger partial charge in [-0.05, 0) is 46.0 Å². The van der Waals surface area contributed by atoms with Gasteiger partial charge in [0.1, 0.15) is 6.10 Å². The molecule has 2 aliphatic rings. The van der Waals surface area contributed by atoms with Crippen LogP contribution in [0.3, 0.4) is 0 Å². The SMILES string of the molecule is COC1OC1C1CCC(NCCOC(C)(C)C)C(N)C1. The van der Waals surface area contributed by atoms with Gasteiger partial charge in [-0.25, -0.2) is 0 Å². The van der Waals surface area contributed by atoms with Crippen molar-refractivity contribution in [1.82, 2.24) is 5.32 Å². The lowest BCUT2D eigenvalue weighted by Crippen LogP contribution is -2.50. The molecule has 3 N–H and O–H groups in total. The van der Waals surface area contributed by atoms with E-state index in [9.17, 15) is 0 Å². The van der Waals surface area contributed by atoms with Gasteiger partial charge in [-0.1, -0.05) is 0 Å². The molecule has 5 atom stereocenters. The molecular formula is C15H30N2O3. The minimum atomic E-state index is -0.0695. The van der Waals surface area contributed by atoms with Crippen molar-refractivity contribution in [2.75, 3.05) is 20.3 Å². The summed E-state index contributed by atoms with van der Waals surface area (Å²) < 4.78 is 16.4. The molecule has 1 aliphatic heterocycles. The van der Waals surface area contributed by atoms with Crippen molar-refractivity contribution in [1.29, 1.82) is 0 Å². The van der Waals surface area contributed by atoms with Crippen LogP contribution in [0.2, 0.25) is 0 Å². The Bertz CT molecular complexity index is 306. The number of nitrogens with one attached hydrogen (secondary N) is 1. The Morgan fingerprint density at radius 3 is 2.60 bits per heavy atom. The zero-order valence-corrected chi connectivity index (χ0v) is 13.2. The van der Waals surface area contributed by atoms with Crippen LogP contribution in [0.25, 0.3) is 0 Å². The average molecular weight is 286 g/mol. The zero-order chi connectivity index (χ0) is 14.8. The third kappa shape index (κ3) is 4.67. The van der Waals surface area contributed by atoms with E-state index in [2.05, 4.69) is 26.1 Å². The molecule has 1 saturated carbocycles. The van der Waals surface area contributed by atoms with Crippen LogP contribution >= 0.6 is 0 Å². The number of nitrogens with two attached hydrogens (primary N) is 1. The Labute approximate surface area is 122 Å². The van der Waals surface area contributed by atoms with E-state index in [1.54, 1.807) is 7.11 Å². The first-order chi connectivity index (χ1) is 9.40. The van der Waals surface area contributed by atoms with Crippen LogP contribution in [0.15, 0.2) is 0 Å². The van der Waals surface area contributed by atoms with Crippen LogP contribution < -0.4 is 11.1 Å². The molecule has 0 aromatic rings. The predicted molar refractivity (Wildman–Crippen MR) is 78.5 cm³/mol. The summed E-state index contributed by atoms with van der Waals surface area (Å²) in [5, 5.41) is 3.53. The molecule has 2 rings (SSSR count). The first-order valence-corrected chi connectivity index (χ1v) is 7.72. The fraction of sp³-hybridized carbons (Fsp3) is 1.00. The number of methoxy groups -OCH3 is 1. The second-order valence-electron chi connectivity index (χ2n) is 6.96. The summed E-state index contributed by atoms with van der Waals surface area (Å²) in [5.41, 5.74) is 6.22. The fourth-order valence-electron chi connectivity index (χ4n) is 3.03. The molecule has 0 aromatic heterocycles. The van der Waals surface area contributed by atoms with Crippen LogP contribution in [0.4, 0.5) is 0 Å². The molecule has 0 amide bonds. The van der Waals surface area contributed by atoms with Gasteiger partial charge in [-0.2, -0.15) is 0 Å². The molecule has 20 heavy (non-hydrogen) atoms. The molecule has 5 heteroatoms. The summed E-state index contributed by atoms with van der Waals surface area (Å²) >= 11 is 0. The number of hydrogen-bond donors (Lipinski definition) is 2. The monoisotopic (exact) mass is 286 g/mol. The van der Waals surface area contributed by atoms with Gasteiger partial charge in [0.2, 0.25) is 0 Å². The Kier molecular flexibility index (Phi) is 5.42. The topological polar surface area (TPSA) is 69.0 Å². The highest BCUT2D eigenvalue weighted by molar-refractivity contribution is 4.94. The van der Waals surface area contributed by atoms with Crippen molar-refractivity contribution in [3.63, 3.8) is 0 Å². The summed E-state index contributed by atoms with van der Waals surface area (Å²) in [5.74, 6) is 0.554. The highest BCUT2D eigenvalue weighted by atomic mass is 16.8. The van der Waals surface area contributed by atoms with Crippen molar-refractivity contribution < 1.29 is 14.2 Å². The number of ether oxygens (including phenoxy) is 3. The van der Waals surface area contributed by atoms with E-state index in [-0.39, 0.29) is 24.0 Å². The molecule has 1 aliphatic carbocycles. The zero-order valence-electron chi connectivity index (χ0n) is 13.2. The smallest absolute Gasteiger partial charge is 0.184 e. The van der Waals surface area contributed by atoms with Gasteiger partial charge in [-0.15, -0.1) is 0 Å². The molecule has 5 nitrogen and oxygen atoms in total. The Morgan fingerprint density at radius 1 is 1.30 bits per heavy atom. The van der Waals surface area contributed by atoms with Gasteiger partial charge >= 0.3 is 0 Å². The Balaban J connectivity index is 1.63. The maximum absolute atomic E-state index is 6.29. The molecule has 118 valence electrons. The number of rotatable bonds is 6. The highest BCUT2D eigenvalue weighted by Gasteiger charge is 2.47. The van der Waals surface area contributed by atoms with Crippen LogP contribution in [0.5, 0.6) is 0 Å². The first kappa shape index (κ1) is 16.2. The molecule has 1 heterocycles. The van der Waals surface area contributed by atoms with E-state index in [0.717, 1.165) is 32.4 Å². The lowest BCUT2D eigenvalue weighted by atomic mass is 9.81. The molecule has 0 aromatic carbocycles. The van der Waals surface area contributed by atoms with Crippen LogP contribution in [0, 0.1) is 5.92 Å². The Morgan fingerprint density at radius 2 is 2.05 bits per heavy atom. The Hall–Kier alpha value is -0.200. The number of epoxide rings is 1. The summed E-state index contributed by atoms with van der Waals surface area (Å²) in [4.78, 5) is 0. The predicted octanol–water partition coefficient (Wildman–Crippen LogP) is 1.26. The van der Waals surface area contributed by atoms with Gasteiger partial charge in [0, 0.05) is 25.7 Å². The molecular weight excluding hydrogens is 256 g/mol. The van der Waals surface area contributed by atoms with Crippen molar-refractivity contribution >= 4 is 0 Å². The molecule has 0 radical (unpaired) electrons. The van der Waals surface area contributed by atoms with Crippen LogP contribution in [-0.2, 0) is 14.2 Å². The third-order valence-corrected chi connectivity index (χ3v) is 4.16.